The molecule has 0 heterocycles. The second-order valence-electron chi connectivity index (χ2n) is 3.72. The molecule has 2 aromatic rings. The highest BCUT2D eigenvalue weighted by molar-refractivity contribution is 5.85. The molecule has 0 aromatic heterocycles. The van der Waals surface area contributed by atoms with Crippen molar-refractivity contribution in [3.8, 4) is 0 Å². The third kappa shape index (κ3) is 4.55. The van der Waals surface area contributed by atoms with Gasteiger partial charge in [-0.3, -0.25) is 0 Å². The first-order valence-corrected chi connectivity index (χ1v) is 5.34. The third-order valence-electron chi connectivity index (χ3n) is 2.41. The Morgan fingerprint density at radius 1 is 0.765 bits per heavy atom. The van der Waals surface area contributed by atoms with E-state index in [1.54, 1.807) is 12.1 Å². The van der Waals surface area contributed by atoms with Gasteiger partial charge in [-0.15, -0.1) is 12.4 Å². The fraction of sp³-hybridized carbons (Fsp3) is 0.143. The van der Waals surface area contributed by atoms with E-state index in [-0.39, 0.29) is 18.2 Å². The minimum absolute atomic E-state index is 0. The summed E-state index contributed by atoms with van der Waals surface area (Å²) in [6, 6.07) is 16.8. The summed E-state index contributed by atoms with van der Waals surface area (Å²) in [5, 5.41) is 3.31. The maximum Gasteiger partial charge on any atom is 0.123 e. The highest BCUT2D eigenvalue weighted by atomic mass is 35.5. The van der Waals surface area contributed by atoms with Gasteiger partial charge in [0.2, 0.25) is 0 Å². The first kappa shape index (κ1) is 13.7. The monoisotopic (exact) mass is 251 g/mol. The van der Waals surface area contributed by atoms with Gasteiger partial charge in [-0.05, 0) is 23.3 Å². The van der Waals surface area contributed by atoms with Gasteiger partial charge in [0, 0.05) is 13.1 Å². The number of hydrogen-bond acceptors (Lipinski definition) is 1. The van der Waals surface area contributed by atoms with Crippen LogP contribution in [0.5, 0.6) is 0 Å². The Balaban J connectivity index is 0.00000144. The summed E-state index contributed by atoms with van der Waals surface area (Å²) >= 11 is 0. The van der Waals surface area contributed by atoms with E-state index in [2.05, 4.69) is 17.4 Å². The van der Waals surface area contributed by atoms with Gasteiger partial charge < -0.3 is 5.32 Å². The standard InChI is InChI=1S/C14H14FN.ClH/c15-14-8-6-13(7-9-14)11-16-10-12-4-2-1-3-5-12;/h1-9,16H,10-11H2;1H. The SMILES string of the molecule is Cl.Fc1ccc(CNCc2ccccc2)cc1. The van der Waals surface area contributed by atoms with Gasteiger partial charge in [-0.1, -0.05) is 42.5 Å². The molecule has 0 aliphatic heterocycles. The first-order chi connectivity index (χ1) is 7.84. The molecule has 90 valence electrons. The van der Waals surface area contributed by atoms with Crippen LogP contribution >= 0.6 is 12.4 Å². The van der Waals surface area contributed by atoms with E-state index in [1.165, 1.54) is 17.7 Å². The Hall–Kier alpha value is -1.38. The lowest BCUT2D eigenvalue weighted by molar-refractivity contribution is 0.625. The molecular formula is C14H15ClFN. The zero-order valence-corrected chi connectivity index (χ0v) is 10.2. The van der Waals surface area contributed by atoms with E-state index >= 15 is 0 Å². The summed E-state index contributed by atoms with van der Waals surface area (Å²) in [7, 11) is 0. The Labute approximate surface area is 107 Å². The van der Waals surface area contributed by atoms with Crippen molar-refractivity contribution in [3.63, 3.8) is 0 Å². The quantitative estimate of drug-likeness (QED) is 0.877. The van der Waals surface area contributed by atoms with Crippen molar-refractivity contribution in [3.05, 3.63) is 71.5 Å². The van der Waals surface area contributed by atoms with E-state index in [1.807, 2.05) is 18.2 Å². The molecule has 0 saturated heterocycles. The summed E-state index contributed by atoms with van der Waals surface area (Å²) in [6.45, 7) is 1.59. The van der Waals surface area contributed by atoms with Crippen molar-refractivity contribution in [1.29, 1.82) is 0 Å². The Bertz CT molecular complexity index is 428. The molecule has 0 atom stereocenters. The second kappa shape index (κ2) is 7.05. The maximum atomic E-state index is 12.7. The van der Waals surface area contributed by atoms with Crippen LogP contribution in [0.3, 0.4) is 0 Å². The van der Waals surface area contributed by atoms with Crippen molar-refractivity contribution < 1.29 is 4.39 Å². The minimum atomic E-state index is -0.188. The highest BCUT2D eigenvalue weighted by Crippen LogP contribution is 2.03. The third-order valence-corrected chi connectivity index (χ3v) is 2.41. The van der Waals surface area contributed by atoms with Crippen LogP contribution in [-0.4, -0.2) is 0 Å². The molecule has 0 radical (unpaired) electrons. The average molecular weight is 252 g/mol. The molecule has 3 heteroatoms. The molecule has 2 aromatic carbocycles. The molecule has 0 unspecified atom stereocenters. The van der Waals surface area contributed by atoms with Crippen LogP contribution in [0.4, 0.5) is 4.39 Å². The van der Waals surface area contributed by atoms with Gasteiger partial charge >= 0.3 is 0 Å². The van der Waals surface area contributed by atoms with Gasteiger partial charge in [-0.25, -0.2) is 4.39 Å². The van der Waals surface area contributed by atoms with Crippen molar-refractivity contribution in [1.82, 2.24) is 5.32 Å². The number of nitrogens with one attached hydrogen (secondary N) is 1. The summed E-state index contributed by atoms with van der Waals surface area (Å²) in [5.41, 5.74) is 2.35. The van der Waals surface area contributed by atoms with Gasteiger partial charge in [0.1, 0.15) is 5.82 Å². The predicted molar refractivity (Wildman–Crippen MR) is 70.6 cm³/mol. The maximum absolute atomic E-state index is 12.7. The molecule has 2 rings (SSSR count). The summed E-state index contributed by atoms with van der Waals surface area (Å²) in [4.78, 5) is 0. The summed E-state index contributed by atoms with van der Waals surface area (Å²) < 4.78 is 12.7. The molecule has 0 fully saturated rings. The van der Waals surface area contributed by atoms with Gasteiger partial charge in [-0.2, -0.15) is 0 Å². The number of benzene rings is 2. The van der Waals surface area contributed by atoms with E-state index < -0.39 is 0 Å². The number of hydrogen-bond donors (Lipinski definition) is 1. The van der Waals surface area contributed by atoms with Crippen LogP contribution in [0.25, 0.3) is 0 Å². The zero-order valence-electron chi connectivity index (χ0n) is 9.40. The fourth-order valence-corrected chi connectivity index (χ4v) is 1.55. The van der Waals surface area contributed by atoms with E-state index in [9.17, 15) is 4.39 Å². The molecule has 1 N–H and O–H groups in total. The molecule has 0 aliphatic rings. The normalized spacial score (nSPS) is 9.71. The van der Waals surface area contributed by atoms with E-state index in [0.29, 0.717) is 0 Å². The molecule has 0 spiro atoms. The zero-order chi connectivity index (χ0) is 11.2. The van der Waals surface area contributed by atoms with Gasteiger partial charge in [0.25, 0.3) is 0 Å². The van der Waals surface area contributed by atoms with E-state index in [0.717, 1.165) is 18.7 Å². The Morgan fingerprint density at radius 2 is 1.29 bits per heavy atom. The molecule has 1 nitrogen and oxygen atoms in total. The molecule has 0 amide bonds. The van der Waals surface area contributed by atoms with Crippen molar-refractivity contribution in [2.24, 2.45) is 0 Å². The van der Waals surface area contributed by atoms with Crippen molar-refractivity contribution in [2.75, 3.05) is 0 Å². The van der Waals surface area contributed by atoms with Crippen LogP contribution in [0.15, 0.2) is 54.6 Å². The predicted octanol–water partition coefficient (Wildman–Crippen LogP) is 3.54. The Kier molecular flexibility index (Phi) is 5.67. The van der Waals surface area contributed by atoms with Gasteiger partial charge in [0.05, 0.1) is 0 Å². The smallest absolute Gasteiger partial charge is 0.123 e. The lowest BCUT2D eigenvalue weighted by atomic mass is 10.2. The van der Waals surface area contributed by atoms with Gasteiger partial charge in [0.15, 0.2) is 0 Å². The van der Waals surface area contributed by atoms with Crippen LogP contribution in [0.1, 0.15) is 11.1 Å². The van der Waals surface area contributed by atoms with Crippen molar-refractivity contribution >= 4 is 12.4 Å². The van der Waals surface area contributed by atoms with Crippen LogP contribution in [-0.2, 0) is 13.1 Å². The largest absolute Gasteiger partial charge is 0.309 e. The minimum Gasteiger partial charge on any atom is -0.309 e. The van der Waals surface area contributed by atoms with Crippen LogP contribution in [0, 0.1) is 5.82 Å². The first-order valence-electron chi connectivity index (χ1n) is 5.34. The molecule has 0 saturated carbocycles. The average Bonchev–Trinajstić information content (AvgIpc) is 2.33. The molecule has 0 aliphatic carbocycles. The van der Waals surface area contributed by atoms with Crippen LogP contribution < -0.4 is 5.32 Å². The molecule has 0 bridgehead atoms. The topological polar surface area (TPSA) is 12.0 Å². The highest BCUT2D eigenvalue weighted by Gasteiger charge is 1.94. The Morgan fingerprint density at radius 3 is 1.88 bits per heavy atom. The van der Waals surface area contributed by atoms with E-state index in [4.69, 9.17) is 0 Å². The number of rotatable bonds is 4. The lowest BCUT2D eigenvalue weighted by Crippen LogP contribution is -2.12. The summed E-state index contributed by atoms with van der Waals surface area (Å²) in [6.07, 6.45) is 0. The number of halogens is 2. The fourth-order valence-electron chi connectivity index (χ4n) is 1.55. The van der Waals surface area contributed by atoms with Crippen LogP contribution in [0.2, 0.25) is 0 Å². The lowest BCUT2D eigenvalue weighted by Gasteiger charge is -2.04. The molecular weight excluding hydrogens is 237 g/mol. The van der Waals surface area contributed by atoms with Crippen molar-refractivity contribution in [2.45, 2.75) is 13.1 Å². The summed E-state index contributed by atoms with van der Waals surface area (Å²) in [5.74, 6) is -0.188. The molecule has 17 heavy (non-hydrogen) atoms. The second-order valence-corrected chi connectivity index (χ2v) is 3.72.